The Morgan fingerprint density at radius 3 is 1.82 bits per heavy atom. The van der Waals surface area contributed by atoms with Gasteiger partial charge in [-0.1, -0.05) is 52.0 Å². The fraction of sp³-hybridized carbons (Fsp3) is 0.439. The number of aromatic nitrogens is 5. The molecule has 2 saturated heterocycles. The van der Waals surface area contributed by atoms with Crippen molar-refractivity contribution in [1.29, 1.82) is 0 Å². The van der Waals surface area contributed by atoms with Gasteiger partial charge in [0.05, 0.1) is 43.7 Å². The Labute approximate surface area is 324 Å². The second kappa shape index (κ2) is 16.0. The smallest absolute Gasteiger partial charge is 0.407 e. The number of fused-ring (bicyclic) bond motifs is 2. The van der Waals surface area contributed by atoms with Crippen LogP contribution in [0.2, 0.25) is 0 Å². The Morgan fingerprint density at radius 1 is 0.696 bits per heavy atom. The van der Waals surface area contributed by atoms with E-state index in [4.69, 9.17) is 19.4 Å². The number of pyridine rings is 1. The van der Waals surface area contributed by atoms with Crippen LogP contribution in [0.3, 0.4) is 0 Å². The number of nitrogens with zero attached hydrogens (tertiary/aromatic N) is 5. The molecule has 0 radical (unpaired) electrons. The third-order valence-corrected chi connectivity index (χ3v) is 10.9. The number of carbonyl (C=O) groups excluding carboxylic acids is 4. The molecular weight excluding hydrogens is 715 g/mol. The van der Waals surface area contributed by atoms with Gasteiger partial charge >= 0.3 is 12.2 Å². The van der Waals surface area contributed by atoms with Gasteiger partial charge in [0.1, 0.15) is 23.7 Å². The predicted molar refractivity (Wildman–Crippen MR) is 210 cm³/mol. The molecule has 2 aliphatic heterocycles. The molecule has 4 atom stereocenters. The lowest BCUT2D eigenvalue weighted by Gasteiger charge is -2.30. The fourth-order valence-corrected chi connectivity index (χ4v) is 7.87. The van der Waals surface area contributed by atoms with E-state index < -0.39 is 24.3 Å². The molecule has 2 aliphatic rings. The molecule has 15 nitrogen and oxygen atoms in total. The molecule has 15 heteroatoms. The number of nitrogens with one attached hydrogen (secondary N) is 4. The van der Waals surface area contributed by atoms with E-state index in [1.54, 1.807) is 16.0 Å². The molecular formula is C41H49N9O6. The monoisotopic (exact) mass is 763 g/mol. The maximum atomic E-state index is 13.6. The summed E-state index contributed by atoms with van der Waals surface area (Å²) >= 11 is 0. The lowest BCUT2D eigenvalue weighted by atomic mass is 10.00. The Bertz CT molecular complexity index is 2260. The minimum absolute atomic E-state index is 0.111. The van der Waals surface area contributed by atoms with Crippen LogP contribution >= 0.6 is 0 Å². The standard InChI is InChI=1S/C41H49N9O6/c1-22(2)33(46-40(53)55-5)38(51)49-15-7-9-31(49)36-43-21-30(45-36)27-14-13-24-17-26(12-11-25(24)18-27)28-19-29-35(42-20-28)48-37(44-29)32-10-8-16-50(32)39(52)34(23(3)4)47-41(54)56-6/h11-14,17-23,31-34H,7-10,15-16H2,1-6H3,(H,43,45)(H,46,53)(H,47,54)(H,42,44,48)/t31-,32-,33-,34-/m0/s1. The quantitative estimate of drug-likeness (QED) is 0.127. The highest BCUT2D eigenvalue weighted by Crippen LogP contribution is 2.35. The van der Waals surface area contributed by atoms with Crippen molar-refractivity contribution in [3.63, 3.8) is 0 Å². The zero-order valence-corrected chi connectivity index (χ0v) is 32.6. The van der Waals surface area contributed by atoms with Crippen LogP contribution < -0.4 is 10.6 Å². The van der Waals surface area contributed by atoms with E-state index in [0.29, 0.717) is 30.4 Å². The molecule has 2 fully saturated rings. The van der Waals surface area contributed by atoms with E-state index in [0.717, 1.165) is 64.4 Å². The molecule has 4 amide bonds. The number of imidazole rings is 2. The third-order valence-electron chi connectivity index (χ3n) is 10.9. The number of H-pyrrole nitrogens is 2. The van der Waals surface area contributed by atoms with Gasteiger partial charge in [-0.05, 0) is 72.1 Å². The highest BCUT2D eigenvalue weighted by molar-refractivity contribution is 5.92. The molecule has 2 aromatic carbocycles. The van der Waals surface area contributed by atoms with Gasteiger partial charge in [-0.2, -0.15) is 0 Å². The number of benzene rings is 2. The van der Waals surface area contributed by atoms with E-state index in [9.17, 15) is 19.2 Å². The van der Waals surface area contributed by atoms with Gasteiger partial charge in [0.25, 0.3) is 0 Å². The van der Waals surface area contributed by atoms with Gasteiger partial charge in [-0.15, -0.1) is 0 Å². The molecule has 0 unspecified atom stereocenters. The van der Waals surface area contributed by atoms with Gasteiger partial charge in [0.2, 0.25) is 11.8 Å². The van der Waals surface area contributed by atoms with Crippen molar-refractivity contribution in [2.24, 2.45) is 11.8 Å². The normalized spacial score (nSPS) is 18.1. The van der Waals surface area contributed by atoms with Crippen LogP contribution in [0.4, 0.5) is 9.59 Å². The van der Waals surface area contributed by atoms with E-state index in [1.165, 1.54) is 14.2 Å². The van der Waals surface area contributed by atoms with E-state index in [2.05, 4.69) is 62.0 Å². The summed E-state index contributed by atoms with van der Waals surface area (Å²) in [5.41, 5.74) is 5.10. The lowest BCUT2D eigenvalue weighted by molar-refractivity contribution is -0.136. The number of methoxy groups -OCH3 is 2. The molecule has 5 heterocycles. The second-order valence-electron chi connectivity index (χ2n) is 15.3. The van der Waals surface area contributed by atoms with Crippen LogP contribution in [0.1, 0.15) is 77.1 Å². The van der Waals surface area contributed by atoms with E-state index in [1.807, 2.05) is 40.0 Å². The third kappa shape index (κ3) is 7.62. The molecule has 3 aromatic heterocycles. The molecule has 0 saturated carbocycles. The first-order valence-electron chi connectivity index (χ1n) is 19.2. The number of rotatable bonds is 10. The van der Waals surface area contributed by atoms with E-state index >= 15 is 0 Å². The van der Waals surface area contributed by atoms with Crippen molar-refractivity contribution in [1.82, 2.24) is 45.4 Å². The minimum Gasteiger partial charge on any atom is -0.453 e. The second-order valence-corrected chi connectivity index (χ2v) is 15.3. The minimum atomic E-state index is -0.708. The summed E-state index contributed by atoms with van der Waals surface area (Å²) in [5.74, 6) is 0.853. The molecule has 0 spiro atoms. The highest BCUT2D eigenvalue weighted by atomic mass is 16.5. The number of likely N-dealkylation sites (tertiary alicyclic amines) is 2. The van der Waals surface area contributed by atoms with Crippen molar-refractivity contribution in [2.75, 3.05) is 27.3 Å². The molecule has 5 aromatic rings. The summed E-state index contributed by atoms with van der Waals surface area (Å²) in [7, 11) is 2.57. The number of carbonyl (C=O) groups is 4. The van der Waals surface area contributed by atoms with Crippen molar-refractivity contribution < 1.29 is 28.7 Å². The topological polar surface area (TPSA) is 188 Å². The first-order chi connectivity index (χ1) is 26.9. The van der Waals surface area contributed by atoms with Crippen LogP contribution in [0.15, 0.2) is 54.9 Å². The summed E-state index contributed by atoms with van der Waals surface area (Å²) in [4.78, 5) is 75.8. The summed E-state index contributed by atoms with van der Waals surface area (Å²) in [5, 5.41) is 7.50. The summed E-state index contributed by atoms with van der Waals surface area (Å²) in [6.45, 7) is 8.75. The van der Waals surface area contributed by atoms with Crippen molar-refractivity contribution in [2.45, 2.75) is 77.5 Å². The molecule has 0 bridgehead atoms. The predicted octanol–water partition coefficient (Wildman–Crippen LogP) is 6.26. The Kier molecular flexibility index (Phi) is 10.9. The van der Waals surface area contributed by atoms with Gasteiger partial charge in [-0.25, -0.2) is 24.5 Å². The molecule has 0 aliphatic carbocycles. The summed E-state index contributed by atoms with van der Waals surface area (Å²) < 4.78 is 9.53. The maximum Gasteiger partial charge on any atom is 0.407 e. The van der Waals surface area contributed by atoms with Crippen LogP contribution in [0.25, 0.3) is 44.3 Å². The Hall–Kier alpha value is -5.99. The number of alkyl carbamates (subject to hydrolysis) is 2. The zero-order chi connectivity index (χ0) is 39.7. The number of hydrogen-bond acceptors (Lipinski definition) is 9. The zero-order valence-electron chi connectivity index (χ0n) is 32.6. The van der Waals surface area contributed by atoms with Gasteiger partial charge in [0, 0.05) is 30.4 Å². The van der Waals surface area contributed by atoms with Crippen LogP contribution in [-0.2, 0) is 19.1 Å². The molecule has 7 rings (SSSR count). The van der Waals surface area contributed by atoms with Crippen LogP contribution in [-0.4, -0.2) is 98.1 Å². The fourth-order valence-electron chi connectivity index (χ4n) is 7.87. The van der Waals surface area contributed by atoms with Crippen molar-refractivity contribution in [3.05, 3.63) is 66.5 Å². The lowest BCUT2D eigenvalue weighted by Crippen LogP contribution is -2.51. The Morgan fingerprint density at radius 2 is 1.25 bits per heavy atom. The molecule has 294 valence electrons. The average Bonchev–Trinajstić information content (AvgIpc) is 4.03. The number of hydrogen-bond donors (Lipinski definition) is 4. The molecule has 4 N–H and O–H groups in total. The van der Waals surface area contributed by atoms with Crippen molar-refractivity contribution in [3.8, 4) is 22.4 Å². The largest absolute Gasteiger partial charge is 0.453 e. The van der Waals surface area contributed by atoms with E-state index in [-0.39, 0.29) is 35.7 Å². The molecule has 56 heavy (non-hydrogen) atoms. The van der Waals surface area contributed by atoms with Gasteiger partial charge in [-0.3, -0.25) is 9.59 Å². The first-order valence-corrected chi connectivity index (χ1v) is 19.2. The SMILES string of the molecule is COC(=O)N[C@H](C(=O)N1CCC[C@H]1c1ncc(-c2ccc3cc(-c4cnc5nc([C@@H]6CCCN6C(=O)[C@@H](NC(=O)OC)C(C)C)[nH]c5c4)ccc3c2)[nH]1)C(C)C. The summed E-state index contributed by atoms with van der Waals surface area (Å²) in [6.07, 6.45) is 5.55. The maximum absolute atomic E-state index is 13.6. The van der Waals surface area contributed by atoms with Gasteiger partial charge < -0.3 is 39.9 Å². The highest BCUT2D eigenvalue weighted by Gasteiger charge is 2.39. The van der Waals surface area contributed by atoms with Crippen molar-refractivity contribution >= 4 is 45.9 Å². The number of ether oxygens (including phenoxy) is 2. The van der Waals surface area contributed by atoms with Gasteiger partial charge in [0.15, 0.2) is 5.65 Å². The Balaban J connectivity index is 1.07. The number of amides is 4. The average molecular weight is 764 g/mol. The number of aromatic amines is 2. The summed E-state index contributed by atoms with van der Waals surface area (Å²) in [6, 6.07) is 12.7. The first kappa shape index (κ1) is 38.3. The van der Waals surface area contributed by atoms with Crippen LogP contribution in [0.5, 0.6) is 0 Å². The van der Waals surface area contributed by atoms with Crippen LogP contribution in [0, 0.1) is 11.8 Å².